The molecule has 1 aliphatic rings. The van der Waals surface area contributed by atoms with Crippen molar-refractivity contribution >= 4 is 15.9 Å². The minimum absolute atomic E-state index is 0.312. The molecule has 196 valence electrons. The largest absolute Gasteiger partial charge is 0.372 e. The lowest BCUT2D eigenvalue weighted by Gasteiger charge is -2.32. The van der Waals surface area contributed by atoms with Crippen LogP contribution in [-0.2, 0) is 9.84 Å². The smallest absolute Gasteiger partial charge is 0.175 e. The second-order valence-corrected chi connectivity index (χ2v) is 11.0. The van der Waals surface area contributed by atoms with E-state index in [-0.39, 0.29) is 0 Å². The van der Waals surface area contributed by atoms with Gasteiger partial charge in [0.25, 0.3) is 0 Å². The van der Waals surface area contributed by atoms with Crippen LogP contribution in [-0.4, -0.2) is 37.6 Å². The quantitative estimate of drug-likeness (QED) is 0.372. The molecule has 5 heteroatoms. The van der Waals surface area contributed by atoms with Crippen LogP contribution >= 0.6 is 0 Å². The van der Waals surface area contributed by atoms with Gasteiger partial charge in [-0.15, -0.1) is 0 Å². The molecule has 1 aromatic carbocycles. The summed E-state index contributed by atoms with van der Waals surface area (Å²) in [5.74, 6) is 0.885. The summed E-state index contributed by atoms with van der Waals surface area (Å²) in [6.07, 6.45) is 13.8. The van der Waals surface area contributed by atoms with Gasteiger partial charge in [0.15, 0.2) is 9.84 Å². The molecule has 0 unspecified atom stereocenters. The van der Waals surface area contributed by atoms with Gasteiger partial charge in [0, 0.05) is 36.8 Å². The number of benzene rings is 1. The van der Waals surface area contributed by atoms with Gasteiger partial charge in [-0.1, -0.05) is 69.9 Å². The Morgan fingerprint density at radius 3 is 2.19 bits per heavy atom. The summed E-state index contributed by atoms with van der Waals surface area (Å²) in [4.78, 5) is 7.05. The topological polar surface area (TPSA) is 50.3 Å². The maximum Gasteiger partial charge on any atom is 0.175 e. The van der Waals surface area contributed by atoms with Crippen LogP contribution in [0.25, 0.3) is 17.3 Å². The minimum Gasteiger partial charge on any atom is -0.372 e. The van der Waals surface area contributed by atoms with E-state index in [1.54, 1.807) is 36.5 Å². The Morgan fingerprint density at radius 2 is 1.69 bits per heavy atom. The zero-order chi connectivity index (χ0) is 27.3. The first-order chi connectivity index (χ1) is 17.0. The molecule has 0 aliphatic carbocycles. The van der Waals surface area contributed by atoms with Crippen LogP contribution in [0.3, 0.4) is 0 Å². The Bertz CT molecular complexity index is 1150. The maximum absolute atomic E-state index is 11.4. The number of pyridine rings is 1. The molecule has 1 aromatic heterocycles. The summed E-state index contributed by atoms with van der Waals surface area (Å²) in [6, 6.07) is 8.67. The Balaban J connectivity index is 0.000000346. The summed E-state index contributed by atoms with van der Waals surface area (Å²) in [5, 5.41) is 0. The van der Waals surface area contributed by atoms with E-state index < -0.39 is 9.84 Å². The molecule has 1 fully saturated rings. The predicted octanol–water partition coefficient (Wildman–Crippen LogP) is 7.88. The predicted molar refractivity (Wildman–Crippen MR) is 157 cm³/mol. The summed E-state index contributed by atoms with van der Waals surface area (Å²) in [7, 11) is -3.16. The molecule has 0 atom stereocenters. The number of sulfone groups is 1. The molecule has 0 radical (unpaired) electrons. The van der Waals surface area contributed by atoms with Gasteiger partial charge >= 0.3 is 0 Å². The van der Waals surface area contributed by atoms with Crippen LogP contribution in [0.2, 0.25) is 0 Å². The molecule has 2 heterocycles. The molecule has 36 heavy (non-hydrogen) atoms. The summed E-state index contributed by atoms with van der Waals surface area (Å²) in [6.45, 7) is 22.7. The minimum atomic E-state index is -3.16. The molecule has 1 saturated heterocycles. The van der Waals surface area contributed by atoms with Crippen molar-refractivity contribution < 1.29 is 8.42 Å². The fourth-order valence-corrected chi connectivity index (χ4v) is 4.15. The summed E-state index contributed by atoms with van der Waals surface area (Å²) in [5.41, 5.74) is 6.23. The zero-order valence-electron chi connectivity index (χ0n) is 23.2. The lowest BCUT2D eigenvalue weighted by Crippen LogP contribution is -2.31. The van der Waals surface area contributed by atoms with Gasteiger partial charge < -0.3 is 4.90 Å². The molecule has 2 aromatic rings. The van der Waals surface area contributed by atoms with Gasteiger partial charge in [0.05, 0.1) is 10.6 Å². The first-order valence-electron chi connectivity index (χ1n) is 12.7. The highest BCUT2D eigenvalue weighted by Gasteiger charge is 2.15. The molecule has 0 amide bonds. The van der Waals surface area contributed by atoms with Crippen LogP contribution in [0.4, 0.5) is 0 Å². The maximum atomic E-state index is 11.4. The Hall–Kier alpha value is -2.92. The van der Waals surface area contributed by atoms with Crippen molar-refractivity contribution in [2.24, 2.45) is 5.92 Å². The van der Waals surface area contributed by atoms with E-state index in [0.717, 1.165) is 34.0 Å². The third kappa shape index (κ3) is 9.98. The SMILES string of the molecule is C=C(/C=C\C(C)=C/C)N1CCC(C)CC1.C=Cc1cc(-c2ccc(S(C)(=O)=O)cc2)ncc1C.CC. The number of piperidine rings is 1. The van der Waals surface area contributed by atoms with Crippen molar-refractivity contribution in [1.29, 1.82) is 0 Å². The molecule has 4 nitrogen and oxygen atoms in total. The first kappa shape index (κ1) is 31.1. The molecule has 1 aliphatic heterocycles. The van der Waals surface area contributed by atoms with E-state index in [1.807, 2.05) is 26.8 Å². The Kier molecular flexibility index (Phi) is 13.2. The van der Waals surface area contributed by atoms with Crippen LogP contribution in [0.1, 0.15) is 58.6 Å². The summed E-state index contributed by atoms with van der Waals surface area (Å²) < 4.78 is 22.8. The van der Waals surface area contributed by atoms with E-state index in [4.69, 9.17) is 0 Å². The molecule has 3 rings (SSSR count). The second-order valence-electron chi connectivity index (χ2n) is 8.95. The van der Waals surface area contributed by atoms with E-state index in [1.165, 1.54) is 37.8 Å². The number of aryl methyl sites for hydroxylation is 1. The molecule has 0 spiro atoms. The van der Waals surface area contributed by atoms with E-state index in [2.05, 4.69) is 62.0 Å². The zero-order valence-corrected chi connectivity index (χ0v) is 24.0. The normalized spacial score (nSPS) is 14.4. The first-order valence-corrected chi connectivity index (χ1v) is 14.6. The molecular formula is C31H44N2O2S. The van der Waals surface area contributed by atoms with Crippen LogP contribution in [0, 0.1) is 12.8 Å². The van der Waals surface area contributed by atoms with Gasteiger partial charge in [0.1, 0.15) is 0 Å². The number of likely N-dealkylation sites (tertiary alicyclic amines) is 1. The van der Waals surface area contributed by atoms with E-state index >= 15 is 0 Å². The third-order valence-corrected chi connectivity index (χ3v) is 7.26. The van der Waals surface area contributed by atoms with E-state index in [9.17, 15) is 8.42 Å². The highest BCUT2D eigenvalue weighted by Crippen LogP contribution is 2.22. The fourth-order valence-electron chi connectivity index (χ4n) is 3.52. The second kappa shape index (κ2) is 15.2. The highest BCUT2D eigenvalue weighted by molar-refractivity contribution is 7.90. The molecule has 0 saturated carbocycles. The summed E-state index contributed by atoms with van der Waals surface area (Å²) >= 11 is 0. The fraction of sp³-hybridized carbons (Fsp3) is 0.387. The van der Waals surface area contributed by atoms with Gasteiger partial charge in [0.2, 0.25) is 0 Å². The van der Waals surface area contributed by atoms with Gasteiger partial charge in [-0.25, -0.2) is 8.42 Å². The van der Waals surface area contributed by atoms with Gasteiger partial charge in [-0.2, -0.15) is 0 Å². The number of hydrogen-bond donors (Lipinski definition) is 0. The van der Waals surface area contributed by atoms with E-state index in [0.29, 0.717) is 4.90 Å². The van der Waals surface area contributed by atoms with Crippen LogP contribution < -0.4 is 0 Å². The lowest BCUT2D eigenvalue weighted by atomic mass is 9.99. The van der Waals surface area contributed by atoms with Crippen molar-refractivity contribution in [3.63, 3.8) is 0 Å². The monoisotopic (exact) mass is 508 g/mol. The Morgan fingerprint density at radius 1 is 1.11 bits per heavy atom. The third-order valence-electron chi connectivity index (χ3n) is 6.13. The van der Waals surface area contributed by atoms with Gasteiger partial charge in [-0.05, 0) is 74.9 Å². The van der Waals surface area contributed by atoms with Crippen LogP contribution in [0.15, 0.2) is 84.1 Å². The number of allylic oxidation sites excluding steroid dienone is 4. The number of rotatable bonds is 6. The van der Waals surface area contributed by atoms with Crippen molar-refractivity contribution in [3.05, 3.63) is 90.3 Å². The Labute approximate surface area is 220 Å². The van der Waals surface area contributed by atoms with Crippen LogP contribution in [0.5, 0.6) is 0 Å². The van der Waals surface area contributed by atoms with Gasteiger partial charge in [-0.3, -0.25) is 4.98 Å². The average Bonchev–Trinajstić information content (AvgIpc) is 2.89. The van der Waals surface area contributed by atoms with Crippen molar-refractivity contribution in [3.8, 4) is 11.3 Å². The molecule has 0 bridgehead atoms. The van der Waals surface area contributed by atoms with Crippen molar-refractivity contribution in [2.45, 2.75) is 59.3 Å². The highest BCUT2D eigenvalue weighted by atomic mass is 32.2. The average molecular weight is 509 g/mol. The van der Waals surface area contributed by atoms with Crippen molar-refractivity contribution in [1.82, 2.24) is 9.88 Å². The van der Waals surface area contributed by atoms with Crippen molar-refractivity contribution in [2.75, 3.05) is 19.3 Å². The number of nitrogens with zero attached hydrogens (tertiary/aromatic N) is 2. The molecular weight excluding hydrogens is 464 g/mol. The lowest BCUT2D eigenvalue weighted by molar-refractivity contribution is 0.244. The number of hydrogen-bond acceptors (Lipinski definition) is 4. The standard InChI is InChI=1S/C15H15NO2S.C14H23N.C2H6/c1-4-12-9-15(16-10-11(12)2)13-5-7-14(8-6-13)19(3,17)18;1-5-12(2)6-7-14(4)15-10-8-13(3)9-11-15;1-2/h4-10H,1H2,2-3H3;5-7,13H,4,8-11H2,1-3H3;1-2H3/b;7-6-,12-5-;. The number of aromatic nitrogens is 1. The molecule has 0 N–H and O–H groups in total.